The second-order valence-corrected chi connectivity index (χ2v) is 7.81. The third-order valence-corrected chi connectivity index (χ3v) is 5.46. The highest BCUT2D eigenvalue weighted by Crippen LogP contribution is 2.34. The van der Waals surface area contributed by atoms with E-state index < -0.39 is 18.6 Å². The fourth-order valence-electron chi connectivity index (χ4n) is 3.60. The molecule has 0 fully saturated rings. The summed E-state index contributed by atoms with van der Waals surface area (Å²) in [7, 11) is 0. The summed E-state index contributed by atoms with van der Waals surface area (Å²) in [6.07, 6.45) is -3.70. The first-order chi connectivity index (χ1) is 14.2. The van der Waals surface area contributed by atoms with Gasteiger partial charge in [-0.15, -0.1) is 0 Å². The van der Waals surface area contributed by atoms with Crippen molar-refractivity contribution in [2.24, 2.45) is 0 Å². The molecule has 4 rings (SSSR count). The number of carbonyl (C=O) groups is 1. The van der Waals surface area contributed by atoms with E-state index in [0.717, 1.165) is 4.90 Å². The molecule has 2 aromatic carbocycles. The Morgan fingerprint density at radius 2 is 1.73 bits per heavy atom. The van der Waals surface area contributed by atoms with Crippen molar-refractivity contribution < 1.29 is 18.0 Å². The van der Waals surface area contributed by atoms with E-state index >= 15 is 0 Å². The molecule has 0 saturated heterocycles. The van der Waals surface area contributed by atoms with Crippen LogP contribution in [0.15, 0.2) is 48.5 Å². The molecule has 30 heavy (non-hydrogen) atoms. The van der Waals surface area contributed by atoms with Gasteiger partial charge in [0.05, 0.1) is 10.7 Å². The van der Waals surface area contributed by atoms with E-state index in [1.807, 2.05) is 0 Å². The van der Waals surface area contributed by atoms with E-state index in [-0.39, 0.29) is 12.2 Å². The standard InChI is InChI=1S/C21H16Cl2F3N3O/c22-13-7-9-14(10-8-13)29-17-6-3-11-28(12-21(24,25)26)20(30)18(17)27-19(29)15-4-1-2-5-16(15)23/h1-2,4-5,7-10H,3,6,11-12H2. The molecule has 3 aromatic rings. The summed E-state index contributed by atoms with van der Waals surface area (Å²) in [5, 5.41) is 0.962. The van der Waals surface area contributed by atoms with Crippen LogP contribution >= 0.6 is 23.2 Å². The Kier molecular flexibility index (Phi) is 5.51. The van der Waals surface area contributed by atoms with Crippen LogP contribution in [0.25, 0.3) is 17.1 Å². The number of alkyl halides is 3. The van der Waals surface area contributed by atoms with Crippen molar-refractivity contribution in [2.45, 2.75) is 19.0 Å². The third-order valence-electron chi connectivity index (χ3n) is 4.87. The molecule has 156 valence electrons. The van der Waals surface area contributed by atoms with Gasteiger partial charge in [0.1, 0.15) is 12.4 Å². The maximum absolute atomic E-state index is 13.0. The smallest absolute Gasteiger partial charge is 0.328 e. The summed E-state index contributed by atoms with van der Waals surface area (Å²) < 4.78 is 40.7. The van der Waals surface area contributed by atoms with Gasteiger partial charge in [-0.25, -0.2) is 4.98 Å². The van der Waals surface area contributed by atoms with Gasteiger partial charge in [-0.1, -0.05) is 35.3 Å². The molecule has 1 aliphatic rings. The molecule has 0 atom stereocenters. The summed E-state index contributed by atoms with van der Waals surface area (Å²) in [5.74, 6) is -0.337. The number of fused-ring (bicyclic) bond motifs is 1. The van der Waals surface area contributed by atoms with Crippen LogP contribution in [0, 0.1) is 0 Å². The predicted octanol–water partition coefficient (Wildman–Crippen LogP) is 5.80. The number of hydrogen-bond acceptors (Lipinski definition) is 2. The molecule has 1 aliphatic heterocycles. The first-order valence-electron chi connectivity index (χ1n) is 9.23. The summed E-state index contributed by atoms with van der Waals surface area (Å²) in [5.41, 5.74) is 1.85. The first-order valence-corrected chi connectivity index (χ1v) is 9.98. The lowest BCUT2D eigenvalue weighted by molar-refractivity contribution is -0.140. The molecule has 0 aliphatic carbocycles. The van der Waals surface area contributed by atoms with Crippen LogP contribution < -0.4 is 0 Å². The van der Waals surface area contributed by atoms with Gasteiger partial charge >= 0.3 is 6.18 Å². The molecular weight excluding hydrogens is 438 g/mol. The maximum Gasteiger partial charge on any atom is 0.406 e. The van der Waals surface area contributed by atoms with Crippen molar-refractivity contribution >= 4 is 29.1 Å². The van der Waals surface area contributed by atoms with Gasteiger partial charge in [-0.05, 0) is 49.2 Å². The van der Waals surface area contributed by atoms with Crippen molar-refractivity contribution in [2.75, 3.05) is 13.1 Å². The minimum Gasteiger partial charge on any atom is -0.328 e. The number of amides is 1. The van der Waals surface area contributed by atoms with E-state index in [4.69, 9.17) is 23.2 Å². The molecule has 0 bridgehead atoms. The lowest BCUT2D eigenvalue weighted by Crippen LogP contribution is -2.39. The quantitative estimate of drug-likeness (QED) is 0.502. The average Bonchev–Trinajstić information content (AvgIpc) is 2.99. The molecule has 0 saturated carbocycles. The minimum absolute atomic E-state index is 0.0107. The number of aromatic nitrogens is 2. The second-order valence-electron chi connectivity index (χ2n) is 6.97. The Morgan fingerprint density at radius 1 is 1.03 bits per heavy atom. The molecular formula is C21H16Cl2F3N3O. The zero-order valence-electron chi connectivity index (χ0n) is 15.6. The average molecular weight is 454 g/mol. The Bertz CT molecular complexity index is 1090. The van der Waals surface area contributed by atoms with Gasteiger partial charge in [-0.2, -0.15) is 13.2 Å². The summed E-state index contributed by atoms with van der Waals surface area (Å²) >= 11 is 12.4. The number of rotatable bonds is 3. The lowest BCUT2D eigenvalue weighted by atomic mass is 10.2. The van der Waals surface area contributed by atoms with E-state index in [2.05, 4.69) is 4.98 Å². The first kappa shape index (κ1) is 20.8. The fraction of sp³-hybridized carbons (Fsp3) is 0.238. The number of carbonyl (C=O) groups excluding carboxylic acids is 1. The molecule has 0 spiro atoms. The van der Waals surface area contributed by atoms with Crippen molar-refractivity contribution in [3.05, 3.63) is 70.0 Å². The molecule has 1 amide bonds. The number of hydrogen-bond donors (Lipinski definition) is 0. The third kappa shape index (κ3) is 4.04. The van der Waals surface area contributed by atoms with Crippen LogP contribution in [0.2, 0.25) is 10.0 Å². The number of benzene rings is 2. The van der Waals surface area contributed by atoms with Crippen LogP contribution in [0.3, 0.4) is 0 Å². The van der Waals surface area contributed by atoms with Crippen LogP contribution in [0.1, 0.15) is 22.6 Å². The van der Waals surface area contributed by atoms with Crippen molar-refractivity contribution in [3.8, 4) is 17.1 Å². The van der Waals surface area contributed by atoms with Crippen molar-refractivity contribution in [3.63, 3.8) is 0 Å². The number of imidazole rings is 1. The topological polar surface area (TPSA) is 38.1 Å². The van der Waals surface area contributed by atoms with Gasteiger partial charge in [0, 0.05) is 22.8 Å². The number of halogens is 5. The Hall–Kier alpha value is -2.51. The highest BCUT2D eigenvalue weighted by Gasteiger charge is 2.37. The van der Waals surface area contributed by atoms with E-state index in [9.17, 15) is 18.0 Å². The molecule has 0 unspecified atom stereocenters. The monoisotopic (exact) mass is 453 g/mol. The Labute approximate surface area is 180 Å². The van der Waals surface area contributed by atoms with E-state index in [1.165, 1.54) is 0 Å². The molecule has 0 N–H and O–H groups in total. The van der Waals surface area contributed by atoms with E-state index in [0.29, 0.717) is 45.7 Å². The van der Waals surface area contributed by atoms with Crippen LogP contribution in [-0.4, -0.2) is 39.6 Å². The van der Waals surface area contributed by atoms with E-state index in [1.54, 1.807) is 53.1 Å². The van der Waals surface area contributed by atoms with Gasteiger partial charge < -0.3 is 4.90 Å². The Balaban J connectivity index is 1.91. The number of nitrogens with zero attached hydrogens (tertiary/aromatic N) is 3. The molecule has 1 aromatic heterocycles. The summed E-state index contributed by atoms with van der Waals surface area (Å²) in [6, 6.07) is 14.0. The summed E-state index contributed by atoms with van der Waals surface area (Å²) in [4.78, 5) is 18.3. The minimum atomic E-state index is -4.48. The maximum atomic E-state index is 13.0. The highest BCUT2D eigenvalue weighted by atomic mass is 35.5. The molecule has 9 heteroatoms. The fourth-order valence-corrected chi connectivity index (χ4v) is 3.95. The molecule has 0 radical (unpaired) electrons. The highest BCUT2D eigenvalue weighted by molar-refractivity contribution is 6.33. The largest absolute Gasteiger partial charge is 0.406 e. The van der Waals surface area contributed by atoms with Crippen LogP contribution in [-0.2, 0) is 6.42 Å². The zero-order chi connectivity index (χ0) is 21.5. The molecule has 4 nitrogen and oxygen atoms in total. The van der Waals surface area contributed by atoms with Crippen LogP contribution in [0.5, 0.6) is 0 Å². The predicted molar refractivity (Wildman–Crippen MR) is 109 cm³/mol. The summed E-state index contributed by atoms with van der Waals surface area (Å²) in [6.45, 7) is -1.29. The molecule has 2 heterocycles. The van der Waals surface area contributed by atoms with Crippen LogP contribution in [0.4, 0.5) is 13.2 Å². The van der Waals surface area contributed by atoms with Crippen molar-refractivity contribution in [1.29, 1.82) is 0 Å². The zero-order valence-corrected chi connectivity index (χ0v) is 17.1. The normalized spacial score (nSPS) is 14.6. The lowest BCUT2D eigenvalue weighted by Gasteiger charge is -2.21. The second kappa shape index (κ2) is 7.96. The van der Waals surface area contributed by atoms with Crippen molar-refractivity contribution in [1.82, 2.24) is 14.5 Å². The van der Waals surface area contributed by atoms with Gasteiger partial charge in [0.25, 0.3) is 5.91 Å². The Morgan fingerprint density at radius 3 is 2.40 bits per heavy atom. The SMILES string of the molecule is O=C1c2nc(-c3ccccc3Cl)n(-c3ccc(Cl)cc3)c2CCCN1CC(F)(F)F. The van der Waals surface area contributed by atoms with Gasteiger partial charge in [0.15, 0.2) is 5.69 Å². The van der Waals surface area contributed by atoms with Gasteiger partial charge in [0.2, 0.25) is 0 Å². The van der Waals surface area contributed by atoms with Gasteiger partial charge in [-0.3, -0.25) is 9.36 Å².